The zero-order valence-corrected chi connectivity index (χ0v) is 11.8. The predicted molar refractivity (Wildman–Crippen MR) is 72.1 cm³/mol. The zero-order chi connectivity index (χ0) is 14.5. The Bertz CT molecular complexity index is 397. The molecule has 0 aromatic heterocycles. The second-order valence-corrected chi connectivity index (χ2v) is 5.64. The fraction of sp³-hybridized carbons (Fsp3) is 0.600. The molecule has 108 valence electrons. The molecular weight excluding hydrogens is 251 g/mol. The zero-order valence-electron chi connectivity index (χ0n) is 11.8. The summed E-state index contributed by atoms with van der Waals surface area (Å²) >= 11 is 0. The number of halogens is 3. The first-order valence-corrected chi connectivity index (χ1v) is 6.61. The third kappa shape index (κ3) is 5.64. The minimum absolute atomic E-state index is 0.00755. The molecule has 19 heavy (non-hydrogen) atoms. The molecule has 1 aromatic carbocycles. The van der Waals surface area contributed by atoms with E-state index in [1.807, 2.05) is 6.92 Å². The van der Waals surface area contributed by atoms with E-state index >= 15 is 0 Å². The molecular formula is C15H22F3N. The molecule has 0 aliphatic rings. The van der Waals surface area contributed by atoms with Gasteiger partial charge in [0, 0.05) is 0 Å². The highest BCUT2D eigenvalue weighted by atomic mass is 19.4. The lowest BCUT2D eigenvalue weighted by molar-refractivity contribution is -0.137. The summed E-state index contributed by atoms with van der Waals surface area (Å²) in [6.07, 6.45) is -2.66. The van der Waals surface area contributed by atoms with Gasteiger partial charge in [0.2, 0.25) is 0 Å². The van der Waals surface area contributed by atoms with Gasteiger partial charge < -0.3 is 5.32 Å². The van der Waals surface area contributed by atoms with Crippen LogP contribution in [0.2, 0.25) is 0 Å². The Balaban J connectivity index is 2.71. The van der Waals surface area contributed by atoms with Gasteiger partial charge in [-0.2, -0.15) is 13.2 Å². The van der Waals surface area contributed by atoms with Crippen molar-refractivity contribution < 1.29 is 13.2 Å². The molecule has 0 spiro atoms. The van der Waals surface area contributed by atoms with Crippen LogP contribution in [-0.2, 0) is 12.6 Å². The van der Waals surface area contributed by atoms with E-state index in [4.69, 9.17) is 0 Å². The van der Waals surface area contributed by atoms with Crippen molar-refractivity contribution in [2.75, 3.05) is 13.1 Å². The van der Waals surface area contributed by atoms with E-state index in [1.165, 1.54) is 12.1 Å². The number of hydrogen-bond donors (Lipinski definition) is 1. The first-order chi connectivity index (χ1) is 8.74. The van der Waals surface area contributed by atoms with Gasteiger partial charge in [-0.3, -0.25) is 0 Å². The van der Waals surface area contributed by atoms with Gasteiger partial charge in [-0.1, -0.05) is 39.0 Å². The van der Waals surface area contributed by atoms with Crippen molar-refractivity contribution in [2.24, 2.45) is 5.41 Å². The van der Waals surface area contributed by atoms with Crippen molar-refractivity contribution in [3.05, 3.63) is 35.4 Å². The molecule has 0 radical (unpaired) electrons. The lowest BCUT2D eigenvalue weighted by Crippen LogP contribution is -2.24. The van der Waals surface area contributed by atoms with Crippen molar-refractivity contribution in [3.8, 4) is 0 Å². The molecule has 0 heterocycles. The van der Waals surface area contributed by atoms with E-state index in [1.54, 1.807) is 6.07 Å². The highest BCUT2D eigenvalue weighted by molar-refractivity contribution is 5.26. The molecule has 0 aliphatic carbocycles. The van der Waals surface area contributed by atoms with E-state index in [0.717, 1.165) is 31.1 Å². The first-order valence-electron chi connectivity index (χ1n) is 6.61. The summed E-state index contributed by atoms with van der Waals surface area (Å²) in [6.45, 7) is 8.02. The van der Waals surface area contributed by atoms with Crippen LogP contribution in [0.4, 0.5) is 13.2 Å². The number of rotatable bonds is 6. The Morgan fingerprint density at radius 3 is 2.42 bits per heavy atom. The van der Waals surface area contributed by atoms with E-state index < -0.39 is 11.7 Å². The second-order valence-electron chi connectivity index (χ2n) is 5.64. The SMILES string of the molecule is CCNCCC(C)(C)Cc1cccc(C(F)(F)F)c1. The number of alkyl halides is 3. The highest BCUT2D eigenvalue weighted by Gasteiger charge is 2.30. The normalized spacial score (nSPS) is 12.7. The van der Waals surface area contributed by atoms with E-state index in [9.17, 15) is 13.2 Å². The quantitative estimate of drug-likeness (QED) is 0.763. The Morgan fingerprint density at radius 2 is 1.84 bits per heavy atom. The van der Waals surface area contributed by atoms with Crippen LogP contribution in [0, 0.1) is 5.41 Å². The summed E-state index contributed by atoms with van der Waals surface area (Å²) in [6, 6.07) is 5.63. The molecule has 1 rings (SSSR count). The standard InChI is InChI=1S/C15H22F3N/c1-4-19-9-8-14(2,3)11-12-6-5-7-13(10-12)15(16,17)18/h5-7,10,19H,4,8-9,11H2,1-3H3. The molecule has 0 unspecified atom stereocenters. The molecule has 1 N–H and O–H groups in total. The van der Waals surface area contributed by atoms with Crippen LogP contribution < -0.4 is 5.32 Å². The molecule has 0 aliphatic heterocycles. The summed E-state index contributed by atoms with van der Waals surface area (Å²) in [5, 5.41) is 3.25. The van der Waals surface area contributed by atoms with Crippen LogP contribution in [-0.4, -0.2) is 13.1 Å². The van der Waals surface area contributed by atoms with Gasteiger partial charge in [0.05, 0.1) is 5.56 Å². The highest BCUT2D eigenvalue weighted by Crippen LogP contribution is 2.32. The Hall–Kier alpha value is -1.03. The summed E-state index contributed by atoms with van der Waals surface area (Å²) < 4.78 is 37.9. The third-order valence-electron chi connectivity index (χ3n) is 3.17. The number of benzene rings is 1. The smallest absolute Gasteiger partial charge is 0.317 e. The Kier molecular flexibility index (Phi) is 5.41. The van der Waals surface area contributed by atoms with Crippen LogP contribution >= 0.6 is 0 Å². The maximum atomic E-state index is 12.6. The first kappa shape index (κ1) is 16.0. The van der Waals surface area contributed by atoms with E-state index in [0.29, 0.717) is 6.42 Å². The fourth-order valence-electron chi connectivity index (χ4n) is 2.10. The number of hydrogen-bond acceptors (Lipinski definition) is 1. The molecule has 1 nitrogen and oxygen atoms in total. The molecule has 0 saturated heterocycles. The van der Waals surface area contributed by atoms with Gasteiger partial charge in [-0.25, -0.2) is 0 Å². The maximum Gasteiger partial charge on any atom is 0.416 e. The second kappa shape index (κ2) is 6.42. The van der Waals surface area contributed by atoms with Crippen molar-refractivity contribution in [3.63, 3.8) is 0 Å². The Morgan fingerprint density at radius 1 is 1.16 bits per heavy atom. The van der Waals surface area contributed by atoms with Crippen molar-refractivity contribution in [1.82, 2.24) is 5.32 Å². The van der Waals surface area contributed by atoms with E-state index in [2.05, 4.69) is 19.2 Å². The summed E-state index contributed by atoms with van der Waals surface area (Å²) in [7, 11) is 0. The van der Waals surface area contributed by atoms with Crippen molar-refractivity contribution >= 4 is 0 Å². The third-order valence-corrected chi connectivity index (χ3v) is 3.17. The van der Waals surface area contributed by atoms with Crippen LogP contribution in [0.1, 0.15) is 38.3 Å². The van der Waals surface area contributed by atoms with Gasteiger partial charge in [0.25, 0.3) is 0 Å². The average Bonchev–Trinajstić information content (AvgIpc) is 2.27. The Labute approximate surface area is 113 Å². The molecule has 0 bridgehead atoms. The number of nitrogens with one attached hydrogen (secondary N) is 1. The largest absolute Gasteiger partial charge is 0.416 e. The van der Waals surface area contributed by atoms with Crippen LogP contribution in [0.3, 0.4) is 0 Å². The van der Waals surface area contributed by atoms with Crippen molar-refractivity contribution in [1.29, 1.82) is 0 Å². The molecule has 1 aromatic rings. The minimum Gasteiger partial charge on any atom is -0.317 e. The summed E-state index contributed by atoms with van der Waals surface area (Å²) in [5.74, 6) is 0. The fourth-order valence-corrected chi connectivity index (χ4v) is 2.10. The van der Waals surface area contributed by atoms with Gasteiger partial charge >= 0.3 is 6.18 Å². The molecule has 0 fully saturated rings. The van der Waals surface area contributed by atoms with Gasteiger partial charge in [-0.05, 0) is 43.0 Å². The molecule has 0 saturated carbocycles. The minimum atomic E-state index is -4.26. The average molecular weight is 273 g/mol. The monoisotopic (exact) mass is 273 g/mol. The molecule has 4 heteroatoms. The van der Waals surface area contributed by atoms with Crippen molar-refractivity contribution in [2.45, 2.75) is 39.8 Å². The van der Waals surface area contributed by atoms with Crippen LogP contribution in [0.5, 0.6) is 0 Å². The van der Waals surface area contributed by atoms with Gasteiger partial charge in [0.15, 0.2) is 0 Å². The molecule has 0 atom stereocenters. The lowest BCUT2D eigenvalue weighted by Gasteiger charge is -2.25. The predicted octanol–water partition coefficient (Wildman–Crippen LogP) is 4.27. The molecule has 0 amide bonds. The van der Waals surface area contributed by atoms with Gasteiger partial charge in [0.1, 0.15) is 0 Å². The van der Waals surface area contributed by atoms with Gasteiger partial charge in [-0.15, -0.1) is 0 Å². The maximum absolute atomic E-state index is 12.6. The van der Waals surface area contributed by atoms with Crippen LogP contribution in [0.15, 0.2) is 24.3 Å². The lowest BCUT2D eigenvalue weighted by atomic mass is 9.82. The summed E-state index contributed by atoms with van der Waals surface area (Å²) in [4.78, 5) is 0. The summed E-state index contributed by atoms with van der Waals surface area (Å²) in [5.41, 5.74) is 0.177. The van der Waals surface area contributed by atoms with Crippen LogP contribution in [0.25, 0.3) is 0 Å². The topological polar surface area (TPSA) is 12.0 Å². The van der Waals surface area contributed by atoms with E-state index in [-0.39, 0.29) is 5.41 Å².